The summed E-state index contributed by atoms with van der Waals surface area (Å²) in [5, 5.41) is 3.26. The Kier molecular flexibility index (Phi) is 6.95. The van der Waals surface area contributed by atoms with Crippen LogP contribution in [0.1, 0.15) is 52.2 Å². The number of hydrogen-bond acceptors (Lipinski definition) is 6. The van der Waals surface area contributed by atoms with Crippen molar-refractivity contribution in [2.75, 3.05) is 25.2 Å². The molecule has 0 fully saturated rings. The van der Waals surface area contributed by atoms with E-state index >= 15 is 0 Å². The van der Waals surface area contributed by atoms with Crippen LogP contribution in [0.15, 0.2) is 30.3 Å². The number of aryl methyl sites for hydroxylation is 1. The van der Waals surface area contributed by atoms with Gasteiger partial charge in [0.1, 0.15) is 11.0 Å². The largest absolute Gasteiger partial charge is 0.462 e. The Labute approximate surface area is 181 Å². The summed E-state index contributed by atoms with van der Waals surface area (Å²) in [7, 11) is -2.27. The maximum Gasteiger partial charge on any atom is 0.341 e. The lowest BCUT2D eigenvalue weighted by Gasteiger charge is -2.25. The first-order valence-electron chi connectivity index (χ1n) is 9.84. The summed E-state index contributed by atoms with van der Waals surface area (Å²) in [6.07, 6.45) is 4.69. The molecule has 1 aromatic heterocycles. The number of ether oxygens (including phenoxy) is 1. The standard InChI is InChI=1S/C21H26N2O5S2/c1-4-28-21(25)17-15-12-8-9-13-16(15)29-20(17)22-19(24)18(23(2)30(3,26)27)14-10-6-5-7-11-14/h5-7,10-11,18H,4,8-9,12-13H2,1-3H3,(H,22,24)/t18-/m1/s1. The number of likely N-dealkylation sites (N-methyl/N-ethyl adjacent to an activating group) is 1. The molecule has 0 saturated heterocycles. The van der Waals surface area contributed by atoms with Crippen molar-refractivity contribution in [2.24, 2.45) is 0 Å². The minimum atomic E-state index is -3.64. The van der Waals surface area contributed by atoms with Gasteiger partial charge < -0.3 is 10.1 Å². The Balaban J connectivity index is 2.00. The molecule has 3 rings (SSSR count). The van der Waals surface area contributed by atoms with Crippen molar-refractivity contribution in [1.29, 1.82) is 0 Å². The van der Waals surface area contributed by atoms with Crippen LogP contribution in [0.25, 0.3) is 0 Å². The number of sulfonamides is 1. The molecule has 1 heterocycles. The highest BCUT2D eigenvalue weighted by molar-refractivity contribution is 7.88. The summed E-state index contributed by atoms with van der Waals surface area (Å²) < 4.78 is 30.7. The van der Waals surface area contributed by atoms with Gasteiger partial charge in [-0.15, -0.1) is 11.3 Å². The zero-order chi connectivity index (χ0) is 21.9. The van der Waals surface area contributed by atoms with Gasteiger partial charge in [-0.2, -0.15) is 4.31 Å². The van der Waals surface area contributed by atoms with Gasteiger partial charge in [0, 0.05) is 11.9 Å². The van der Waals surface area contributed by atoms with Gasteiger partial charge in [0.2, 0.25) is 15.9 Å². The predicted molar refractivity (Wildman–Crippen MR) is 117 cm³/mol. The van der Waals surface area contributed by atoms with Gasteiger partial charge >= 0.3 is 5.97 Å². The van der Waals surface area contributed by atoms with E-state index in [2.05, 4.69) is 5.32 Å². The molecule has 1 atom stereocenters. The van der Waals surface area contributed by atoms with Gasteiger partial charge in [0.15, 0.2) is 0 Å². The molecule has 1 aliphatic carbocycles. The molecule has 0 unspecified atom stereocenters. The van der Waals surface area contributed by atoms with E-state index in [1.165, 1.54) is 18.4 Å². The van der Waals surface area contributed by atoms with Crippen LogP contribution in [-0.2, 0) is 32.4 Å². The molecular formula is C21H26N2O5S2. The van der Waals surface area contributed by atoms with Crippen LogP contribution in [0.2, 0.25) is 0 Å². The predicted octanol–water partition coefficient (Wildman–Crippen LogP) is 3.37. The average Bonchev–Trinajstić information content (AvgIpc) is 3.06. The third-order valence-electron chi connectivity index (χ3n) is 5.14. The fraction of sp³-hybridized carbons (Fsp3) is 0.429. The Morgan fingerprint density at radius 1 is 1.20 bits per heavy atom. The van der Waals surface area contributed by atoms with Crippen molar-refractivity contribution >= 4 is 38.2 Å². The van der Waals surface area contributed by atoms with Crippen molar-refractivity contribution in [1.82, 2.24) is 4.31 Å². The number of nitrogens with zero attached hydrogens (tertiary/aromatic N) is 1. The normalized spacial score (nSPS) is 14.8. The highest BCUT2D eigenvalue weighted by atomic mass is 32.2. The molecule has 30 heavy (non-hydrogen) atoms. The van der Waals surface area contributed by atoms with E-state index in [-0.39, 0.29) is 6.61 Å². The number of benzene rings is 1. The Bertz CT molecular complexity index is 1030. The Hall–Kier alpha value is -2.23. The molecule has 0 saturated carbocycles. The van der Waals surface area contributed by atoms with Gasteiger partial charge in [-0.25, -0.2) is 13.2 Å². The molecule has 0 aliphatic heterocycles. The van der Waals surface area contributed by atoms with Crippen LogP contribution < -0.4 is 5.32 Å². The molecule has 0 spiro atoms. The summed E-state index contributed by atoms with van der Waals surface area (Å²) in [4.78, 5) is 27.0. The van der Waals surface area contributed by atoms with Crippen molar-refractivity contribution in [2.45, 2.75) is 38.6 Å². The fourth-order valence-electron chi connectivity index (χ4n) is 3.61. The van der Waals surface area contributed by atoms with E-state index < -0.39 is 27.9 Å². The first-order valence-corrected chi connectivity index (χ1v) is 12.5. The molecule has 1 N–H and O–H groups in total. The summed E-state index contributed by atoms with van der Waals surface area (Å²) in [6, 6.07) is 7.65. The number of anilines is 1. The van der Waals surface area contributed by atoms with Crippen LogP contribution in [0.3, 0.4) is 0 Å². The topological polar surface area (TPSA) is 92.8 Å². The lowest BCUT2D eigenvalue weighted by atomic mass is 9.95. The number of rotatable bonds is 7. The van der Waals surface area contributed by atoms with Crippen LogP contribution in [0, 0.1) is 0 Å². The van der Waals surface area contributed by atoms with Gasteiger partial charge in [0.05, 0.1) is 18.4 Å². The lowest BCUT2D eigenvalue weighted by Crippen LogP contribution is -2.38. The third kappa shape index (κ3) is 4.74. The molecule has 0 radical (unpaired) electrons. The summed E-state index contributed by atoms with van der Waals surface area (Å²) in [5.41, 5.74) is 1.88. The minimum Gasteiger partial charge on any atom is -0.462 e. The number of thiophene rings is 1. The van der Waals surface area contributed by atoms with Crippen molar-refractivity contribution in [3.63, 3.8) is 0 Å². The average molecular weight is 451 g/mol. The molecule has 7 nitrogen and oxygen atoms in total. The maximum atomic E-state index is 13.3. The lowest BCUT2D eigenvalue weighted by molar-refractivity contribution is -0.119. The third-order valence-corrected chi connectivity index (χ3v) is 7.60. The van der Waals surface area contributed by atoms with Gasteiger partial charge in [-0.3, -0.25) is 4.79 Å². The van der Waals surface area contributed by atoms with E-state index in [0.29, 0.717) is 16.1 Å². The van der Waals surface area contributed by atoms with Gasteiger partial charge in [-0.1, -0.05) is 30.3 Å². The smallest absolute Gasteiger partial charge is 0.341 e. The Morgan fingerprint density at radius 2 is 1.87 bits per heavy atom. The Morgan fingerprint density at radius 3 is 2.50 bits per heavy atom. The van der Waals surface area contributed by atoms with Crippen LogP contribution in [-0.4, -0.2) is 44.5 Å². The number of fused-ring (bicyclic) bond motifs is 1. The van der Waals surface area contributed by atoms with Crippen molar-refractivity contribution < 1.29 is 22.7 Å². The molecule has 1 amide bonds. The van der Waals surface area contributed by atoms with Gasteiger partial charge in [0.25, 0.3) is 0 Å². The summed E-state index contributed by atoms with van der Waals surface area (Å²) in [5.74, 6) is -0.974. The number of carbonyl (C=O) groups is 2. The molecule has 2 aromatic rings. The van der Waals surface area contributed by atoms with E-state index in [0.717, 1.165) is 46.7 Å². The highest BCUT2D eigenvalue weighted by Gasteiger charge is 2.33. The highest BCUT2D eigenvalue weighted by Crippen LogP contribution is 2.39. The number of hydrogen-bond donors (Lipinski definition) is 1. The fourth-order valence-corrected chi connectivity index (χ4v) is 5.49. The summed E-state index contributed by atoms with van der Waals surface area (Å²) in [6.45, 7) is 1.97. The quantitative estimate of drug-likeness (QED) is 0.653. The van der Waals surface area contributed by atoms with E-state index in [9.17, 15) is 18.0 Å². The number of amides is 1. The number of carbonyl (C=O) groups excluding carboxylic acids is 2. The zero-order valence-corrected chi connectivity index (χ0v) is 18.9. The van der Waals surface area contributed by atoms with E-state index in [1.807, 2.05) is 0 Å². The first kappa shape index (κ1) is 22.5. The second kappa shape index (κ2) is 9.28. The number of nitrogens with one attached hydrogen (secondary N) is 1. The molecule has 162 valence electrons. The molecule has 0 bridgehead atoms. The van der Waals surface area contributed by atoms with E-state index in [1.54, 1.807) is 37.3 Å². The SMILES string of the molecule is CCOC(=O)c1c(NC(=O)[C@@H](c2ccccc2)N(C)S(C)(=O)=O)sc2c1CCCC2. The molecule has 1 aliphatic rings. The zero-order valence-electron chi connectivity index (χ0n) is 17.3. The first-order chi connectivity index (χ1) is 14.2. The number of esters is 1. The molecule has 9 heteroatoms. The maximum absolute atomic E-state index is 13.3. The monoisotopic (exact) mass is 450 g/mol. The van der Waals surface area contributed by atoms with Crippen molar-refractivity contribution in [3.05, 3.63) is 51.9 Å². The van der Waals surface area contributed by atoms with Crippen molar-refractivity contribution in [3.8, 4) is 0 Å². The van der Waals surface area contributed by atoms with Crippen LogP contribution in [0.5, 0.6) is 0 Å². The molecule has 1 aromatic carbocycles. The second-order valence-corrected chi connectivity index (χ2v) is 10.4. The second-order valence-electron chi connectivity index (χ2n) is 7.22. The van der Waals surface area contributed by atoms with E-state index in [4.69, 9.17) is 4.74 Å². The summed E-state index contributed by atoms with van der Waals surface area (Å²) >= 11 is 1.38. The van der Waals surface area contributed by atoms with Crippen LogP contribution in [0.4, 0.5) is 5.00 Å². The van der Waals surface area contributed by atoms with Crippen LogP contribution >= 0.6 is 11.3 Å². The van der Waals surface area contributed by atoms with Gasteiger partial charge in [-0.05, 0) is 43.7 Å². The molecular weight excluding hydrogens is 424 g/mol. The minimum absolute atomic E-state index is 0.236.